The number of urea groups is 1. The molecule has 1 fully saturated rings. The zero-order chi connectivity index (χ0) is 22.1. The molecule has 2 N–H and O–H groups in total. The number of nitrogens with one attached hydrogen (secondary N) is 1. The van der Waals surface area contributed by atoms with Gasteiger partial charge in [-0.05, 0) is 42.8 Å². The van der Waals surface area contributed by atoms with E-state index in [-0.39, 0.29) is 23.4 Å². The van der Waals surface area contributed by atoms with Crippen molar-refractivity contribution in [2.75, 3.05) is 0 Å². The van der Waals surface area contributed by atoms with Crippen molar-refractivity contribution in [1.29, 1.82) is 0 Å². The van der Waals surface area contributed by atoms with E-state index in [1.54, 1.807) is 24.3 Å². The van der Waals surface area contributed by atoms with Crippen LogP contribution in [0.1, 0.15) is 27.2 Å². The number of amides is 3. The number of aromatic carboxylic acids is 1. The molecule has 3 aromatic rings. The summed E-state index contributed by atoms with van der Waals surface area (Å²) in [5.41, 5.74) is 1.77. The molecule has 0 saturated carbocycles. The molecular formula is C23H17FN2O5. The van der Waals surface area contributed by atoms with Gasteiger partial charge in [0.25, 0.3) is 5.91 Å². The Morgan fingerprint density at radius 2 is 1.94 bits per heavy atom. The van der Waals surface area contributed by atoms with Crippen molar-refractivity contribution in [2.24, 2.45) is 0 Å². The molecular weight excluding hydrogens is 403 g/mol. The number of nitrogens with zero attached hydrogens (tertiary/aromatic N) is 1. The SMILES string of the molecule is Cc1ccc(C(=O)O)cc1-c1ccc(/C=C2\NC(=O)N(Cc3ccccc3F)C2=O)o1. The molecule has 0 bridgehead atoms. The Bertz CT molecular complexity index is 1240. The van der Waals surface area contributed by atoms with Crippen molar-refractivity contribution in [3.63, 3.8) is 0 Å². The minimum Gasteiger partial charge on any atom is -0.478 e. The quantitative estimate of drug-likeness (QED) is 0.476. The number of benzene rings is 2. The summed E-state index contributed by atoms with van der Waals surface area (Å²) in [6, 6.07) is 13.2. The molecule has 1 aliphatic rings. The third-order valence-electron chi connectivity index (χ3n) is 4.91. The summed E-state index contributed by atoms with van der Waals surface area (Å²) < 4.78 is 19.6. The molecule has 7 nitrogen and oxygen atoms in total. The van der Waals surface area contributed by atoms with E-state index >= 15 is 0 Å². The highest BCUT2D eigenvalue weighted by Crippen LogP contribution is 2.28. The van der Waals surface area contributed by atoms with Crippen LogP contribution < -0.4 is 5.32 Å². The first-order chi connectivity index (χ1) is 14.8. The summed E-state index contributed by atoms with van der Waals surface area (Å²) in [4.78, 5) is 37.0. The van der Waals surface area contributed by atoms with E-state index in [1.807, 2.05) is 6.92 Å². The van der Waals surface area contributed by atoms with Crippen molar-refractivity contribution in [2.45, 2.75) is 13.5 Å². The van der Waals surface area contributed by atoms with E-state index in [0.29, 0.717) is 17.1 Å². The number of carbonyl (C=O) groups excluding carboxylic acids is 2. The van der Waals surface area contributed by atoms with Crippen LogP contribution in [-0.4, -0.2) is 27.9 Å². The van der Waals surface area contributed by atoms with Crippen LogP contribution in [-0.2, 0) is 11.3 Å². The zero-order valence-corrected chi connectivity index (χ0v) is 16.4. The largest absolute Gasteiger partial charge is 0.478 e. The first-order valence-electron chi connectivity index (χ1n) is 9.35. The van der Waals surface area contributed by atoms with Crippen LogP contribution in [0.2, 0.25) is 0 Å². The second-order valence-electron chi connectivity index (χ2n) is 7.01. The maximum atomic E-state index is 13.9. The van der Waals surface area contributed by atoms with Gasteiger partial charge in [-0.15, -0.1) is 0 Å². The highest BCUT2D eigenvalue weighted by atomic mass is 19.1. The van der Waals surface area contributed by atoms with Crippen LogP contribution >= 0.6 is 0 Å². The fourth-order valence-electron chi connectivity index (χ4n) is 3.25. The lowest BCUT2D eigenvalue weighted by atomic mass is 10.0. The van der Waals surface area contributed by atoms with Crippen LogP contribution in [0.5, 0.6) is 0 Å². The van der Waals surface area contributed by atoms with Gasteiger partial charge >= 0.3 is 12.0 Å². The molecule has 4 rings (SSSR count). The van der Waals surface area contributed by atoms with Crippen LogP contribution in [0.25, 0.3) is 17.4 Å². The number of imide groups is 1. The predicted molar refractivity (Wildman–Crippen MR) is 109 cm³/mol. The molecule has 31 heavy (non-hydrogen) atoms. The molecule has 0 atom stereocenters. The van der Waals surface area contributed by atoms with E-state index < -0.39 is 23.7 Å². The Morgan fingerprint density at radius 3 is 2.68 bits per heavy atom. The van der Waals surface area contributed by atoms with Gasteiger partial charge in [-0.1, -0.05) is 24.3 Å². The fourth-order valence-corrected chi connectivity index (χ4v) is 3.25. The maximum absolute atomic E-state index is 13.9. The number of hydrogen-bond donors (Lipinski definition) is 2. The molecule has 3 amide bonds. The predicted octanol–water partition coefficient (Wildman–Crippen LogP) is 4.19. The smallest absolute Gasteiger partial charge is 0.335 e. The van der Waals surface area contributed by atoms with Gasteiger partial charge in [-0.2, -0.15) is 0 Å². The van der Waals surface area contributed by atoms with E-state index in [1.165, 1.54) is 36.4 Å². The molecule has 2 heterocycles. The Morgan fingerprint density at radius 1 is 1.16 bits per heavy atom. The van der Waals surface area contributed by atoms with Gasteiger partial charge in [-0.25, -0.2) is 14.0 Å². The van der Waals surface area contributed by atoms with Crippen molar-refractivity contribution >= 4 is 24.0 Å². The average Bonchev–Trinajstić information content (AvgIpc) is 3.30. The number of aryl methyl sites for hydroxylation is 1. The van der Waals surface area contributed by atoms with Gasteiger partial charge in [0.05, 0.1) is 12.1 Å². The molecule has 8 heteroatoms. The molecule has 156 valence electrons. The van der Waals surface area contributed by atoms with E-state index in [2.05, 4.69) is 5.32 Å². The standard InChI is InChI=1S/C23H17FN2O5/c1-13-6-7-14(22(28)29)10-17(13)20-9-8-16(31-20)11-19-21(27)26(23(30)25-19)12-15-4-2-3-5-18(15)24/h2-11H,12H2,1H3,(H,25,30)(H,28,29)/b19-11-. The van der Waals surface area contributed by atoms with Crippen LogP contribution in [0.15, 0.2) is 64.7 Å². The lowest BCUT2D eigenvalue weighted by Gasteiger charge is -2.12. The van der Waals surface area contributed by atoms with Crippen molar-refractivity contribution in [3.8, 4) is 11.3 Å². The normalized spacial score (nSPS) is 14.9. The fraction of sp³-hybridized carbons (Fsp3) is 0.0870. The molecule has 0 unspecified atom stereocenters. The first kappa shape index (κ1) is 20.1. The minimum absolute atomic E-state index is 0.00162. The van der Waals surface area contributed by atoms with E-state index in [9.17, 15) is 23.9 Å². The number of halogens is 1. The van der Waals surface area contributed by atoms with Crippen LogP contribution in [0, 0.1) is 12.7 Å². The topological polar surface area (TPSA) is 99.9 Å². The monoisotopic (exact) mass is 420 g/mol. The number of carbonyl (C=O) groups is 3. The number of hydrogen-bond acceptors (Lipinski definition) is 4. The third-order valence-corrected chi connectivity index (χ3v) is 4.91. The lowest BCUT2D eigenvalue weighted by molar-refractivity contribution is -0.123. The summed E-state index contributed by atoms with van der Waals surface area (Å²) in [6.45, 7) is 1.63. The number of carboxylic acids is 1. The molecule has 0 radical (unpaired) electrons. The summed E-state index contributed by atoms with van der Waals surface area (Å²) in [7, 11) is 0. The second-order valence-corrected chi connectivity index (χ2v) is 7.01. The highest BCUT2D eigenvalue weighted by Gasteiger charge is 2.34. The summed E-state index contributed by atoms with van der Waals surface area (Å²) in [5.74, 6) is -1.44. The number of carboxylic acid groups (broad SMARTS) is 1. The van der Waals surface area contributed by atoms with Gasteiger partial charge in [0.15, 0.2) is 0 Å². The van der Waals surface area contributed by atoms with Gasteiger partial charge in [0.1, 0.15) is 23.0 Å². The summed E-state index contributed by atoms with van der Waals surface area (Å²) >= 11 is 0. The van der Waals surface area contributed by atoms with Crippen molar-refractivity contribution in [1.82, 2.24) is 10.2 Å². The van der Waals surface area contributed by atoms with E-state index in [0.717, 1.165) is 10.5 Å². The molecule has 2 aromatic carbocycles. The molecule has 1 aromatic heterocycles. The zero-order valence-electron chi connectivity index (χ0n) is 16.4. The Hall–Kier alpha value is -4.20. The van der Waals surface area contributed by atoms with Gasteiger partial charge in [0, 0.05) is 17.2 Å². The van der Waals surface area contributed by atoms with Crippen molar-refractivity contribution < 1.29 is 28.3 Å². The molecule has 1 aliphatic heterocycles. The second kappa shape index (κ2) is 7.91. The third kappa shape index (κ3) is 3.95. The summed E-state index contributed by atoms with van der Waals surface area (Å²) in [5, 5.41) is 11.7. The lowest BCUT2D eigenvalue weighted by Crippen LogP contribution is -2.30. The van der Waals surface area contributed by atoms with Crippen molar-refractivity contribution in [3.05, 3.63) is 88.6 Å². The summed E-state index contributed by atoms with van der Waals surface area (Å²) in [6.07, 6.45) is 1.38. The van der Waals surface area contributed by atoms with Crippen LogP contribution in [0.4, 0.5) is 9.18 Å². The van der Waals surface area contributed by atoms with Gasteiger partial charge < -0.3 is 14.8 Å². The van der Waals surface area contributed by atoms with E-state index in [4.69, 9.17) is 4.42 Å². The molecule has 0 aliphatic carbocycles. The Kier molecular flexibility index (Phi) is 5.12. The maximum Gasteiger partial charge on any atom is 0.335 e. The minimum atomic E-state index is -1.05. The number of rotatable bonds is 5. The highest BCUT2D eigenvalue weighted by molar-refractivity contribution is 6.13. The van der Waals surface area contributed by atoms with Gasteiger partial charge in [-0.3, -0.25) is 9.69 Å². The number of furan rings is 1. The van der Waals surface area contributed by atoms with Crippen LogP contribution in [0.3, 0.4) is 0 Å². The average molecular weight is 420 g/mol. The molecule has 1 saturated heterocycles. The first-order valence-corrected chi connectivity index (χ1v) is 9.35. The Labute approximate surface area is 176 Å². The Balaban J connectivity index is 1.58. The van der Waals surface area contributed by atoms with Gasteiger partial charge in [0.2, 0.25) is 0 Å². The molecule has 0 spiro atoms.